The summed E-state index contributed by atoms with van der Waals surface area (Å²) < 4.78 is 22.8. The smallest absolute Gasteiger partial charge is 1.00 e. The Bertz CT molecular complexity index is 867. The van der Waals surface area contributed by atoms with E-state index in [1.807, 2.05) is 0 Å². The molecule has 0 N–H and O–H groups in total. The van der Waals surface area contributed by atoms with Gasteiger partial charge in [-0.1, -0.05) is 0 Å². The van der Waals surface area contributed by atoms with Crippen LogP contribution in [0.2, 0.25) is 0 Å². The molecule has 0 spiro atoms. The van der Waals surface area contributed by atoms with Crippen molar-refractivity contribution >= 4 is 12.2 Å². The zero-order valence-corrected chi connectivity index (χ0v) is 19.7. The summed E-state index contributed by atoms with van der Waals surface area (Å²) in [5, 5.41) is 0. The average molecular weight is 469 g/mol. The third-order valence-corrected chi connectivity index (χ3v) is 7.84. The van der Waals surface area contributed by atoms with Gasteiger partial charge in [0.2, 0.25) is 0 Å². The summed E-state index contributed by atoms with van der Waals surface area (Å²) in [6.07, 6.45) is 9.07. The van der Waals surface area contributed by atoms with Crippen molar-refractivity contribution in [2.75, 3.05) is 28.4 Å². The molecular formula is C22H22Cl2O4Ti. The Balaban J connectivity index is 0.00000150. The van der Waals surface area contributed by atoms with Gasteiger partial charge in [-0.3, -0.25) is 0 Å². The van der Waals surface area contributed by atoms with E-state index in [0.717, 1.165) is 23.0 Å². The van der Waals surface area contributed by atoms with Gasteiger partial charge in [0.1, 0.15) is 0 Å². The monoisotopic (exact) mass is 468 g/mol. The predicted molar refractivity (Wildman–Crippen MR) is 103 cm³/mol. The first-order chi connectivity index (χ1) is 13.2. The SMILES string of the molecule is COc1cc2c(cc1OC)[CH]([Ti+2][CH]1C=Cc3cc(OC)c(OC)cc31)C=C2.[Cl-].[Cl-]. The number of fused-ring (bicyclic) bond motifs is 2. The first-order valence-electron chi connectivity index (χ1n) is 8.82. The molecule has 2 atom stereocenters. The second kappa shape index (κ2) is 9.95. The largest absolute Gasteiger partial charge is 1.00 e. The molecule has 2 aliphatic carbocycles. The predicted octanol–water partition coefficient (Wildman–Crippen LogP) is -1.35. The van der Waals surface area contributed by atoms with Crippen LogP contribution in [0.4, 0.5) is 0 Å². The van der Waals surface area contributed by atoms with Gasteiger partial charge in [0.25, 0.3) is 0 Å². The molecule has 4 nitrogen and oxygen atoms in total. The van der Waals surface area contributed by atoms with E-state index in [9.17, 15) is 0 Å². The molecule has 0 radical (unpaired) electrons. The zero-order chi connectivity index (χ0) is 19.0. The zero-order valence-electron chi connectivity index (χ0n) is 16.7. The minimum absolute atomic E-state index is 0. The van der Waals surface area contributed by atoms with Gasteiger partial charge < -0.3 is 24.8 Å². The van der Waals surface area contributed by atoms with Gasteiger partial charge >= 0.3 is 169 Å². The second-order valence-electron chi connectivity index (χ2n) is 6.51. The third-order valence-electron chi connectivity index (χ3n) is 5.14. The van der Waals surface area contributed by atoms with Crippen LogP contribution < -0.4 is 43.8 Å². The van der Waals surface area contributed by atoms with E-state index in [0.29, 0.717) is 8.45 Å². The summed E-state index contributed by atoms with van der Waals surface area (Å²) in [7, 11) is 6.73. The Kier molecular flexibility index (Phi) is 8.13. The number of allylic oxidation sites excluding steroid dienone is 2. The molecule has 0 aliphatic heterocycles. The summed E-state index contributed by atoms with van der Waals surface area (Å²) in [4.78, 5) is 0. The average Bonchev–Trinajstić information content (AvgIpc) is 3.29. The Morgan fingerprint density at radius 2 is 0.931 bits per heavy atom. The van der Waals surface area contributed by atoms with Crippen molar-refractivity contribution in [2.24, 2.45) is 0 Å². The first-order valence-corrected chi connectivity index (χ1v) is 10.6. The molecule has 0 saturated heterocycles. The Morgan fingerprint density at radius 1 is 0.586 bits per heavy atom. The summed E-state index contributed by atoms with van der Waals surface area (Å²) in [6, 6.07) is 8.42. The van der Waals surface area contributed by atoms with Crippen molar-refractivity contribution < 1.29 is 62.9 Å². The Labute approximate surface area is 193 Å². The van der Waals surface area contributed by atoms with Crippen LogP contribution in [0.3, 0.4) is 0 Å². The van der Waals surface area contributed by atoms with Crippen LogP contribution in [0.25, 0.3) is 12.2 Å². The van der Waals surface area contributed by atoms with Crippen molar-refractivity contribution in [2.45, 2.75) is 8.45 Å². The topological polar surface area (TPSA) is 36.9 Å². The quantitative estimate of drug-likeness (QED) is 0.491. The van der Waals surface area contributed by atoms with Crippen LogP contribution in [0.5, 0.6) is 23.0 Å². The van der Waals surface area contributed by atoms with Gasteiger partial charge in [-0.2, -0.15) is 0 Å². The number of rotatable bonds is 6. The Hall–Kier alpha value is -1.59. The molecule has 152 valence electrons. The van der Waals surface area contributed by atoms with E-state index >= 15 is 0 Å². The summed E-state index contributed by atoms with van der Waals surface area (Å²) in [5.41, 5.74) is 5.15. The summed E-state index contributed by atoms with van der Waals surface area (Å²) in [6.45, 7) is 0. The number of benzene rings is 2. The fourth-order valence-corrected chi connectivity index (χ4v) is 6.33. The molecule has 0 saturated carbocycles. The van der Waals surface area contributed by atoms with E-state index in [2.05, 4.69) is 48.6 Å². The number of hydrogen-bond acceptors (Lipinski definition) is 4. The number of hydrogen-bond donors (Lipinski definition) is 0. The maximum atomic E-state index is 5.51. The van der Waals surface area contributed by atoms with Crippen LogP contribution in [0, 0.1) is 0 Å². The van der Waals surface area contributed by atoms with Crippen molar-refractivity contribution in [3.05, 3.63) is 58.7 Å². The molecule has 2 aliphatic rings. The summed E-state index contributed by atoms with van der Waals surface area (Å²) >= 11 is -0.354. The van der Waals surface area contributed by atoms with Crippen LogP contribution in [0.1, 0.15) is 30.7 Å². The van der Waals surface area contributed by atoms with Crippen molar-refractivity contribution in [1.82, 2.24) is 0 Å². The molecule has 0 bridgehead atoms. The van der Waals surface area contributed by atoms with Gasteiger partial charge in [-0.05, 0) is 0 Å². The fourth-order valence-electron chi connectivity index (χ4n) is 3.74. The molecule has 4 rings (SSSR count). The van der Waals surface area contributed by atoms with Crippen LogP contribution in [-0.4, -0.2) is 28.4 Å². The van der Waals surface area contributed by atoms with Gasteiger partial charge in [0, 0.05) is 0 Å². The molecule has 29 heavy (non-hydrogen) atoms. The fraction of sp³-hybridized carbons (Fsp3) is 0.273. The van der Waals surface area contributed by atoms with Crippen LogP contribution in [0.15, 0.2) is 36.4 Å². The van der Waals surface area contributed by atoms with E-state index < -0.39 is 0 Å². The van der Waals surface area contributed by atoms with Crippen molar-refractivity contribution in [3.63, 3.8) is 0 Å². The minimum Gasteiger partial charge on any atom is -1.00 e. The van der Waals surface area contributed by atoms with Crippen molar-refractivity contribution in [1.29, 1.82) is 0 Å². The van der Waals surface area contributed by atoms with Gasteiger partial charge in [-0.25, -0.2) is 0 Å². The van der Waals surface area contributed by atoms with Gasteiger partial charge in [0.15, 0.2) is 0 Å². The molecule has 7 heteroatoms. The molecule has 0 aromatic heterocycles. The molecular weight excluding hydrogens is 447 g/mol. The van der Waals surface area contributed by atoms with Crippen molar-refractivity contribution in [3.8, 4) is 23.0 Å². The summed E-state index contributed by atoms with van der Waals surface area (Å²) in [5.74, 6) is 3.16. The van der Waals surface area contributed by atoms with Gasteiger partial charge in [-0.15, -0.1) is 0 Å². The normalized spacial score (nSPS) is 17.4. The first kappa shape index (κ1) is 23.7. The molecule has 0 fully saturated rings. The second-order valence-corrected chi connectivity index (χ2v) is 8.98. The standard InChI is InChI=1S/2C11H11O2.2ClH.Ti/c2*1-12-10-6-8-4-3-5-9(8)7-11(10)13-2;;;/h2*3-7H,1-2H3;2*1H;/q;;;;+2/p-2. The van der Waals surface area contributed by atoms with Gasteiger partial charge in [0.05, 0.1) is 0 Å². The molecule has 0 heterocycles. The number of halogens is 2. The maximum Gasteiger partial charge on any atom is -1.00 e. The minimum atomic E-state index is -0.354. The Morgan fingerprint density at radius 3 is 1.28 bits per heavy atom. The van der Waals surface area contributed by atoms with E-state index in [1.54, 1.807) is 28.4 Å². The van der Waals surface area contributed by atoms with E-state index in [1.165, 1.54) is 22.3 Å². The molecule has 2 aromatic carbocycles. The third kappa shape index (κ3) is 4.31. The molecule has 2 unspecified atom stereocenters. The van der Waals surface area contributed by atoms with E-state index in [4.69, 9.17) is 18.9 Å². The van der Waals surface area contributed by atoms with E-state index in [-0.39, 0.29) is 44.0 Å². The maximum absolute atomic E-state index is 5.51. The number of methoxy groups -OCH3 is 4. The molecule has 2 aromatic rings. The number of ether oxygens (including phenoxy) is 4. The molecule has 0 amide bonds. The van der Waals surface area contributed by atoms with Crippen LogP contribution in [-0.2, 0) is 19.2 Å². The van der Waals surface area contributed by atoms with Crippen LogP contribution >= 0.6 is 0 Å².